The van der Waals surface area contributed by atoms with Gasteiger partial charge in [0.1, 0.15) is 12.6 Å². The lowest BCUT2D eigenvalue weighted by Crippen LogP contribution is -2.53. The van der Waals surface area contributed by atoms with Crippen molar-refractivity contribution in [1.82, 2.24) is 10.2 Å². The summed E-state index contributed by atoms with van der Waals surface area (Å²) in [5, 5.41) is 4.14. The summed E-state index contributed by atoms with van der Waals surface area (Å²) in [6, 6.07) is 15.5. The molecular weight excluding hydrogens is 629 g/mol. The van der Waals surface area contributed by atoms with E-state index in [-0.39, 0.29) is 29.1 Å². The molecule has 0 heterocycles. The third-order valence-electron chi connectivity index (χ3n) is 7.76. The van der Waals surface area contributed by atoms with E-state index in [9.17, 15) is 18.0 Å². The number of amides is 2. The Kier molecular flexibility index (Phi) is 11.0. The Labute approximate surface area is 269 Å². The number of hydrogen-bond donors (Lipinski definition) is 1. The quantitative estimate of drug-likeness (QED) is 0.233. The van der Waals surface area contributed by atoms with Crippen molar-refractivity contribution in [2.24, 2.45) is 0 Å². The Balaban J connectivity index is 1.74. The van der Waals surface area contributed by atoms with Gasteiger partial charge in [0.2, 0.25) is 11.8 Å². The monoisotopic (exact) mass is 663 g/mol. The summed E-state index contributed by atoms with van der Waals surface area (Å²) in [5.74, 6) is -0.819. The molecule has 1 N–H and O–H groups in total. The molecule has 1 saturated carbocycles. The zero-order valence-electron chi connectivity index (χ0n) is 24.4. The van der Waals surface area contributed by atoms with Gasteiger partial charge in [0.05, 0.1) is 20.6 Å². The number of carbonyl (C=O) groups is 2. The fraction of sp³-hybridized carbons (Fsp3) is 0.375. The van der Waals surface area contributed by atoms with E-state index < -0.39 is 28.5 Å². The zero-order valence-corrected chi connectivity index (χ0v) is 27.5. The fourth-order valence-electron chi connectivity index (χ4n) is 5.22. The minimum atomic E-state index is -4.20. The first-order chi connectivity index (χ1) is 20.4. The van der Waals surface area contributed by atoms with E-state index in [0.29, 0.717) is 27.1 Å². The van der Waals surface area contributed by atoms with Crippen molar-refractivity contribution in [2.75, 3.05) is 10.8 Å². The summed E-state index contributed by atoms with van der Waals surface area (Å²) in [6.45, 7) is 4.97. The van der Waals surface area contributed by atoms with E-state index in [1.54, 1.807) is 42.5 Å². The lowest BCUT2D eigenvalue weighted by atomic mass is 10.1. The second-order valence-corrected chi connectivity index (χ2v) is 14.0. The molecule has 3 aromatic carbocycles. The summed E-state index contributed by atoms with van der Waals surface area (Å²) >= 11 is 18.8. The predicted octanol–water partition coefficient (Wildman–Crippen LogP) is 7.33. The highest BCUT2D eigenvalue weighted by molar-refractivity contribution is 7.92. The minimum absolute atomic E-state index is 0.0272. The highest BCUT2D eigenvalue weighted by Gasteiger charge is 2.34. The Morgan fingerprint density at radius 2 is 1.58 bits per heavy atom. The predicted molar refractivity (Wildman–Crippen MR) is 173 cm³/mol. The van der Waals surface area contributed by atoms with Crippen molar-refractivity contribution in [2.45, 2.75) is 76.4 Å². The second kappa shape index (κ2) is 14.3. The molecule has 43 heavy (non-hydrogen) atoms. The number of halogens is 3. The van der Waals surface area contributed by atoms with Crippen molar-refractivity contribution in [3.63, 3.8) is 0 Å². The van der Waals surface area contributed by atoms with Crippen LogP contribution >= 0.6 is 34.8 Å². The van der Waals surface area contributed by atoms with Crippen LogP contribution in [0, 0.1) is 13.8 Å². The highest BCUT2D eigenvalue weighted by Crippen LogP contribution is 2.30. The van der Waals surface area contributed by atoms with Crippen molar-refractivity contribution in [3.05, 3.63) is 92.4 Å². The third kappa shape index (κ3) is 8.04. The van der Waals surface area contributed by atoms with E-state index >= 15 is 0 Å². The van der Waals surface area contributed by atoms with Gasteiger partial charge < -0.3 is 10.2 Å². The molecule has 0 radical (unpaired) electrons. The number of hydrogen-bond acceptors (Lipinski definition) is 4. The van der Waals surface area contributed by atoms with Crippen molar-refractivity contribution < 1.29 is 18.0 Å². The van der Waals surface area contributed by atoms with E-state index in [1.165, 1.54) is 23.1 Å². The van der Waals surface area contributed by atoms with Gasteiger partial charge in [-0.3, -0.25) is 13.9 Å². The first-order valence-corrected chi connectivity index (χ1v) is 16.9. The third-order valence-corrected chi connectivity index (χ3v) is 10.7. The van der Waals surface area contributed by atoms with Gasteiger partial charge >= 0.3 is 0 Å². The highest BCUT2D eigenvalue weighted by atomic mass is 35.5. The van der Waals surface area contributed by atoms with Crippen LogP contribution < -0.4 is 9.62 Å². The topological polar surface area (TPSA) is 86.8 Å². The maximum atomic E-state index is 14.3. The normalized spacial score (nSPS) is 14.4. The zero-order chi connectivity index (χ0) is 31.3. The van der Waals surface area contributed by atoms with Crippen molar-refractivity contribution >= 4 is 62.3 Å². The Morgan fingerprint density at radius 1 is 0.907 bits per heavy atom. The Morgan fingerprint density at radius 3 is 2.19 bits per heavy atom. The van der Waals surface area contributed by atoms with Crippen LogP contribution in [-0.2, 0) is 26.2 Å². The SMILES string of the molecule is CCC(C(=O)NC1CCCC1)N(Cc1ccc(Cl)c(Cl)c1)C(=O)CN(c1ccc(C)c(Cl)c1)S(=O)(=O)c1ccc(C)cc1. The molecule has 11 heteroatoms. The smallest absolute Gasteiger partial charge is 0.264 e. The van der Waals surface area contributed by atoms with Crippen LogP contribution in [0.1, 0.15) is 55.7 Å². The average molecular weight is 665 g/mol. The van der Waals surface area contributed by atoms with Crippen LogP contribution in [-0.4, -0.2) is 43.8 Å². The standard InChI is InChI=1S/C32H36Cl3N3O4S/c1-4-30(32(40)36-24-7-5-6-8-24)37(19-23-12-16-27(33)29(35)17-23)31(39)20-38(25-13-11-22(3)28(34)18-25)43(41,42)26-14-9-21(2)10-15-26/h9-18,24,30H,4-8,19-20H2,1-3H3,(H,36,40). The first kappa shape index (κ1) is 33.1. The van der Waals surface area contributed by atoms with Crippen molar-refractivity contribution in [3.8, 4) is 0 Å². The molecule has 4 rings (SSSR count). The van der Waals surface area contributed by atoms with Crippen LogP contribution in [0.15, 0.2) is 65.6 Å². The molecule has 7 nitrogen and oxygen atoms in total. The van der Waals surface area contributed by atoms with Gasteiger partial charge in [-0.15, -0.1) is 0 Å². The van der Waals surface area contributed by atoms with Crippen LogP contribution in [0.4, 0.5) is 5.69 Å². The summed E-state index contributed by atoms with van der Waals surface area (Å²) in [4.78, 5) is 29.3. The van der Waals surface area contributed by atoms with Gasteiger partial charge in [0, 0.05) is 17.6 Å². The summed E-state index contributed by atoms with van der Waals surface area (Å²) in [7, 11) is -4.20. The van der Waals surface area contributed by atoms with Gasteiger partial charge in [0.15, 0.2) is 0 Å². The number of nitrogens with one attached hydrogen (secondary N) is 1. The molecule has 0 spiro atoms. The molecule has 1 fully saturated rings. The number of rotatable bonds is 11. The fourth-order valence-corrected chi connectivity index (χ4v) is 7.13. The number of nitrogens with zero attached hydrogens (tertiary/aromatic N) is 2. The second-order valence-electron chi connectivity index (χ2n) is 10.9. The number of sulfonamides is 1. The molecule has 1 atom stereocenters. The van der Waals surface area contributed by atoms with Gasteiger partial charge in [-0.1, -0.05) is 84.4 Å². The molecule has 1 unspecified atom stereocenters. The minimum Gasteiger partial charge on any atom is -0.352 e. The number of aryl methyl sites for hydroxylation is 2. The largest absolute Gasteiger partial charge is 0.352 e. The van der Waals surface area contributed by atoms with Gasteiger partial charge in [-0.25, -0.2) is 8.42 Å². The van der Waals surface area contributed by atoms with Gasteiger partial charge in [-0.05, 0) is 80.6 Å². The van der Waals surface area contributed by atoms with Gasteiger partial charge in [-0.2, -0.15) is 0 Å². The lowest BCUT2D eigenvalue weighted by Gasteiger charge is -2.34. The van der Waals surface area contributed by atoms with Crippen LogP contribution in [0.5, 0.6) is 0 Å². The molecule has 3 aromatic rings. The lowest BCUT2D eigenvalue weighted by molar-refractivity contribution is -0.140. The molecule has 0 saturated heterocycles. The molecule has 230 valence electrons. The van der Waals surface area contributed by atoms with E-state index in [4.69, 9.17) is 34.8 Å². The number of anilines is 1. The summed E-state index contributed by atoms with van der Waals surface area (Å²) < 4.78 is 29.1. The summed E-state index contributed by atoms with van der Waals surface area (Å²) in [6.07, 6.45) is 4.18. The number of carbonyl (C=O) groups excluding carboxylic acids is 2. The maximum Gasteiger partial charge on any atom is 0.264 e. The Hall–Kier alpha value is -2.78. The van der Waals surface area contributed by atoms with E-state index in [2.05, 4.69) is 5.32 Å². The van der Waals surface area contributed by atoms with Crippen LogP contribution in [0.3, 0.4) is 0 Å². The number of benzene rings is 3. The molecule has 0 bridgehead atoms. The van der Waals surface area contributed by atoms with E-state index in [0.717, 1.165) is 41.1 Å². The van der Waals surface area contributed by atoms with Gasteiger partial charge in [0.25, 0.3) is 10.0 Å². The van der Waals surface area contributed by atoms with Crippen LogP contribution in [0.25, 0.3) is 0 Å². The summed E-state index contributed by atoms with van der Waals surface area (Å²) in [5.41, 5.74) is 2.55. The average Bonchev–Trinajstić information content (AvgIpc) is 3.48. The molecule has 2 amide bonds. The maximum absolute atomic E-state index is 14.3. The molecular formula is C32H36Cl3N3O4S. The first-order valence-electron chi connectivity index (χ1n) is 14.3. The van der Waals surface area contributed by atoms with Crippen molar-refractivity contribution in [1.29, 1.82) is 0 Å². The Bertz CT molecular complexity index is 1580. The molecule has 0 aromatic heterocycles. The van der Waals surface area contributed by atoms with Crippen LogP contribution in [0.2, 0.25) is 15.1 Å². The molecule has 1 aliphatic rings. The molecule has 0 aliphatic heterocycles. The molecule has 1 aliphatic carbocycles. The van der Waals surface area contributed by atoms with E-state index in [1.807, 2.05) is 20.8 Å².